The first-order valence-corrected chi connectivity index (χ1v) is 7.57. The SMILES string of the molecule is COc1ccc(CCNc2ncc(Br)cc2Cl)cc1OC. The van der Waals surface area contributed by atoms with Crippen molar-refractivity contribution >= 4 is 33.3 Å². The molecule has 112 valence electrons. The fraction of sp³-hybridized carbons (Fsp3) is 0.267. The molecule has 6 heteroatoms. The summed E-state index contributed by atoms with van der Waals surface area (Å²) in [6.07, 6.45) is 2.54. The Morgan fingerprint density at radius 3 is 2.62 bits per heavy atom. The van der Waals surface area contributed by atoms with Crippen LogP contribution in [0.3, 0.4) is 0 Å². The van der Waals surface area contributed by atoms with Crippen LogP contribution in [0.5, 0.6) is 11.5 Å². The maximum absolute atomic E-state index is 6.11. The molecule has 0 unspecified atom stereocenters. The number of hydrogen-bond acceptors (Lipinski definition) is 4. The van der Waals surface area contributed by atoms with E-state index in [4.69, 9.17) is 21.1 Å². The average molecular weight is 372 g/mol. The number of hydrogen-bond donors (Lipinski definition) is 1. The van der Waals surface area contributed by atoms with Gasteiger partial charge in [0, 0.05) is 17.2 Å². The molecule has 0 bridgehead atoms. The van der Waals surface area contributed by atoms with Crippen molar-refractivity contribution in [2.45, 2.75) is 6.42 Å². The van der Waals surface area contributed by atoms with Crippen molar-refractivity contribution in [2.75, 3.05) is 26.1 Å². The highest BCUT2D eigenvalue weighted by molar-refractivity contribution is 9.10. The Morgan fingerprint density at radius 2 is 1.95 bits per heavy atom. The van der Waals surface area contributed by atoms with Gasteiger partial charge in [-0.05, 0) is 46.1 Å². The number of pyridine rings is 1. The highest BCUT2D eigenvalue weighted by Gasteiger charge is 2.05. The van der Waals surface area contributed by atoms with Crippen LogP contribution >= 0.6 is 27.5 Å². The predicted molar refractivity (Wildman–Crippen MR) is 88.7 cm³/mol. The Morgan fingerprint density at radius 1 is 1.19 bits per heavy atom. The molecule has 0 atom stereocenters. The van der Waals surface area contributed by atoms with E-state index >= 15 is 0 Å². The molecule has 0 aliphatic heterocycles. The summed E-state index contributed by atoms with van der Waals surface area (Å²) in [6.45, 7) is 0.726. The molecule has 2 aromatic rings. The van der Waals surface area contributed by atoms with Crippen LogP contribution in [0.15, 0.2) is 34.9 Å². The Bertz CT molecular complexity index is 623. The molecule has 0 spiro atoms. The fourth-order valence-corrected chi connectivity index (χ4v) is 2.60. The van der Waals surface area contributed by atoms with Gasteiger partial charge in [0.25, 0.3) is 0 Å². The van der Waals surface area contributed by atoms with Crippen molar-refractivity contribution in [1.82, 2.24) is 4.98 Å². The van der Waals surface area contributed by atoms with Gasteiger partial charge in [-0.15, -0.1) is 0 Å². The van der Waals surface area contributed by atoms with Crippen LogP contribution < -0.4 is 14.8 Å². The van der Waals surface area contributed by atoms with Crippen molar-refractivity contribution in [3.63, 3.8) is 0 Å². The normalized spacial score (nSPS) is 10.3. The second kappa shape index (κ2) is 7.52. The highest BCUT2D eigenvalue weighted by atomic mass is 79.9. The molecule has 21 heavy (non-hydrogen) atoms. The molecule has 0 amide bonds. The monoisotopic (exact) mass is 370 g/mol. The fourth-order valence-electron chi connectivity index (χ4n) is 1.91. The lowest BCUT2D eigenvalue weighted by molar-refractivity contribution is 0.354. The van der Waals surface area contributed by atoms with E-state index in [0.717, 1.165) is 34.5 Å². The van der Waals surface area contributed by atoms with Crippen LogP contribution in [0.2, 0.25) is 5.02 Å². The van der Waals surface area contributed by atoms with Gasteiger partial charge in [0.15, 0.2) is 11.5 Å². The van der Waals surface area contributed by atoms with Gasteiger partial charge in [-0.2, -0.15) is 0 Å². The number of methoxy groups -OCH3 is 2. The summed E-state index contributed by atoms with van der Waals surface area (Å²) >= 11 is 9.44. The minimum atomic E-state index is 0.594. The van der Waals surface area contributed by atoms with Crippen LogP contribution in [0.1, 0.15) is 5.56 Å². The first-order chi connectivity index (χ1) is 10.1. The summed E-state index contributed by atoms with van der Waals surface area (Å²) in [5.41, 5.74) is 1.15. The van der Waals surface area contributed by atoms with Gasteiger partial charge in [-0.25, -0.2) is 4.98 Å². The zero-order chi connectivity index (χ0) is 15.2. The number of anilines is 1. The third-order valence-electron chi connectivity index (χ3n) is 2.96. The third kappa shape index (κ3) is 4.25. The topological polar surface area (TPSA) is 43.4 Å². The first-order valence-electron chi connectivity index (χ1n) is 6.40. The van der Waals surface area contributed by atoms with E-state index in [-0.39, 0.29) is 0 Å². The molecule has 1 N–H and O–H groups in total. The molecular weight excluding hydrogens is 356 g/mol. The molecule has 0 fully saturated rings. The van der Waals surface area contributed by atoms with Crippen LogP contribution in [-0.2, 0) is 6.42 Å². The second-order valence-electron chi connectivity index (χ2n) is 4.35. The van der Waals surface area contributed by atoms with Gasteiger partial charge in [-0.3, -0.25) is 0 Å². The van der Waals surface area contributed by atoms with E-state index in [9.17, 15) is 0 Å². The standard InChI is InChI=1S/C15H16BrClN2O2/c1-20-13-4-3-10(7-14(13)21-2)5-6-18-15-12(17)8-11(16)9-19-15/h3-4,7-9H,5-6H2,1-2H3,(H,18,19). The number of benzene rings is 1. The zero-order valence-corrected chi connectivity index (χ0v) is 14.2. The average Bonchev–Trinajstić information content (AvgIpc) is 2.49. The van der Waals surface area contributed by atoms with Crippen molar-refractivity contribution in [2.24, 2.45) is 0 Å². The van der Waals surface area contributed by atoms with Gasteiger partial charge in [0.05, 0.1) is 19.2 Å². The Kier molecular flexibility index (Phi) is 5.70. The summed E-state index contributed by atoms with van der Waals surface area (Å²) in [6, 6.07) is 7.70. The highest BCUT2D eigenvalue weighted by Crippen LogP contribution is 2.28. The van der Waals surface area contributed by atoms with E-state index in [1.807, 2.05) is 24.3 Å². The molecule has 1 heterocycles. The van der Waals surface area contributed by atoms with Crippen molar-refractivity contribution in [3.8, 4) is 11.5 Å². The number of aromatic nitrogens is 1. The minimum Gasteiger partial charge on any atom is -0.493 e. The third-order valence-corrected chi connectivity index (χ3v) is 3.68. The largest absolute Gasteiger partial charge is 0.493 e. The number of nitrogens with zero attached hydrogens (tertiary/aromatic N) is 1. The Balaban J connectivity index is 1.97. The number of ether oxygens (including phenoxy) is 2. The van der Waals surface area contributed by atoms with Crippen LogP contribution in [-0.4, -0.2) is 25.7 Å². The van der Waals surface area contributed by atoms with Gasteiger partial charge >= 0.3 is 0 Å². The molecule has 1 aromatic heterocycles. The molecule has 0 saturated carbocycles. The number of nitrogens with one attached hydrogen (secondary N) is 1. The molecule has 1 aromatic carbocycles. The summed E-state index contributed by atoms with van der Waals surface area (Å²) < 4.78 is 11.4. The smallest absolute Gasteiger partial charge is 0.160 e. The molecular formula is C15H16BrClN2O2. The number of halogens is 2. The molecule has 0 radical (unpaired) electrons. The van der Waals surface area contributed by atoms with Crippen LogP contribution in [0.4, 0.5) is 5.82 Å². The molecule has 4 nitrogen and oxygen atoms in total. The molecule has 0 aliphatic rings. The van der Waals surface area contributed by atoms with E-state index in [0.29, 0.717) is 10.8 Å². The van der Waals surface area contributed by atoms with E-state index in [1.54, 1.807) is 20.4 Å². The molecule has 0 saturated heterocycles. The quantitative estimate of drug-likeness (QED) is 0.827. The van der Waals surface area contributed by atoms with Gasteiger partial charge in [0.2, 0.25) is 0 Å². The van der Waals surface area contributed by atoms with Gasteiger partial charge in [0.1, 0.15) is 5.82 Å². The van der Waals surface area contributed by atoms with Gasteiger partial charge in [-0.1, -0.05) is 17.7 Å². The van der Waals surface area contributed by atoms with E-state index in [1.165, 1.54) is 0 Å². The molecule has 0 aliphatic carbocycles. The van der Waals surface area contributed by atoms with Crippen molar-refractivity contribution in [1.29, 1.82) is 0 Å². The van der Waals surface area contributed by atoms with Crippen molar-refractivity contribution < 1.29 is 9.47 Å². The van der Waals surface area contributed by atoms with Crippen LogP contribution in [0.25, 0.3) is 0 Å². The first kappa shape index (κ1) is 15.9. The van der Waals surface area contributed by atoms with E-state index < -0.39 is 0 Å². The van der Waals surface area contributed by atoms with Gasteiger partial charge < -0.3 is 14.8 Å². The molecule has 2 rings (SSSR count). The lowest BCUT2D eigenvalue weighted by Crippen LogP contribution is -2.07. The summed E-state index contributed by atoms with van der Waals surface area (Å²) in [4.78, 5) is 4.24. The summed E-state index contributed by atoms with van der Waals surface area (Å²) in [5.74, 6) is 2.14. The second-order valence-corrected chi connectivity index (χ2v) is 5.67. The lowest BCUT2D eigenvalue weighted by atomic mass is 10.1. The Hall–Kier alpha value is -1.46. The maximum atomic E-state index is 6.11. The maximum Gasteiger partial charge on any atom is 0.160 e. The predicted octanol–water partition coefficient (Wildman–Crippen LogP) is 4.17. The Labute approximate surface area is 137 Å². The lowest BCUT2D eigenvalue weighted by Gasteiger charge is -2.11. The minimum absolute atomic E-state index is 0.594. The van der Waals surface area contributed by atoms with E-state index in [2.05, 4.69) is 26.2 Å². The summed E-state index contributed by atoms with van der Waals surface area (Å²) in [7, 11) is 3.26. The zero-order valence-electron chi connectivity index (χ0n) is 11.8. The number of rotatable bonds is 6. The van der Waals surface area contributed by atoms with Crippen LogP contribution in [0, 0.1) is 0 Å². The summed E-state index contributed by atoms with van der Waals surface area (Å²) in [5, 5.41) is 3.81. The van der Waals surface area contributed by atoms with Crippen molar-refractivity contribution in [3.05, 3.63) is 45.5 Å².